The van der Waals surface area contributed by atoms with Crippen LogP contribution in [0.4, 0.5) is 0 Å². The van der Waals surface area contributed by atoms with Crippen LogP contribution >= 0.6 is 8.03 Å². The molecule has 2 aromatic carbocycles. The van der Waals surface area contributed by atoms with E-state index in [1.165, 1.54) is 0 Å². The molecule has 98 valence electrons. The first-order valence-electron chi connectivity index (χ1n) is 5.83. The molecule has 4 nitrogen and oxygen atoms in total. The van der Waals surface area contributed by atoms with E-state index in [1.54, 1.807) is 48.5 Å². The van der Waals surface area contributed by atoms with Gasteiger partial charge in [-0.05, 0) is 23.8 Å². The largest absolute Gasteiger partial charge is 0.348 e. The molecule has 0 aliphatic carbocycles. The van der Waals surface area contributed by atoms with Crippen molar-refractivity contribution in [3.8, 4) is 0 Å². The average molecular weight is 275 g/mol. The molecule has 0 aliphatic heterocycles. The van der Waals surface area contributed by atoms with Crippen molar-refractivity contribution in [2.45, 2.75) is 6.54 Å². The molecule has 0 saturated carbocycles. The summed E-state index contributed by atoms with van der Waals surface area (Å²) >= 11 is 0. The SMILES string of the molecule is O=C(NCc1ccccc1[PH](=O)O)c1ccccc1. The first-order chi connectivity index (χ1) is 9.18. The van der Waals surface area contributed by atoms with Gasteiger partial charge in [0.05, 0.1) is 0 Å². The highest BCUT2D eigenvalue weighted by Crippen LogP contribution is 2.15. The molecule has 0 radical (unpaired) electrons. The number of amides is 1. The number of hydrogen-bond acceptors (Lipinski definition) is 2. The van der Waals surface area contributed by atoms with Gasteiger partial charge in [-0.2, -0.15) is 0 Å². The minimum Gasteiger partial charge on any atom is -0.348 e. The highest BCUT2D eigenvalue weighted by molar-refractivity contribution is 7.47. The summed E-state index contributed by atoms with van der Waals surface area (Å²) in [5, 5.41) is 3.13. The highest BCUT2D eigenvalue weighted by Gasteiger charge is 2.08. The van der Waals surface area contributed by atoms with Crippen LogP contribution in [0.15, 0.2) is 54.6 Å². The molecular weight excluding hydrogens is 261 g/mol. The lowest BCUT2D eigenvalue weighted by Gasteiger charge is -2.08. The van der Waals surface area contributed by atoms with Gasteiger partial charge in [-0.1, -0.05) is 36.4 Å². The predicted octanol–water partition coefficient (Wildman–Crippen LogP) is 1.71. The van der Waals surface area contributed by atoms with E-state index in [-0.39, 0.29) is 12.5 Å². The second-order valence-electron chi connectivity index (χ2n) is 4.01. The first kappa shape index (κ1) is 13.5. The Bertz CT molecular complexity index is 599. The molecular formula is C14H14NO3P. The summed E-state index contributed by atoms with van der Waals surface area (Å²) in [5.74, 6) is -0.201. The fourth-order valence-electron chi connectivity index (χ4n) is 1.75. The van der Waals surface area contributed by atoms with E-state index < -0.39 is 8.03 Å². The van der Waals surface area contributed by atoms with Gasteiger partial charge in [-0.25, -0.2) is 0 Å². The zero-order chi connectivity index (χ0) is 13.7. The van der Waals surface area contributed by atoms with Crippen LogP contribution < -0.4 is 10.6 Å². The van der Waals surface area contributed by atoms with Crippen LogP contribution in [-0.4, -0.2) is 10.8 Å². The second kappa shape index (κ2) is 6.32. The Balaban J connectivity index is 2.07. The summed E-state index contributed by atoms with van der Waals surface area (Å²) in [6.45, 7) is 0.237. The van der Waals surface area contributed by atoms with Crippen molar-refractivity contribution in [2.75, 3.05) is 0 Å². The summed E-state index contributed by atoms with van der Waals surface area (Å²) in [5.41, 5.74) is 1.23. The van der Waals surface area contributed by atoms with Gasteiger partial charge in [0.1, 0.15) is 0 Å². The summed E-state index contributed by atoms with van der Waals surface area (Å²) in [4.78, 5) is 21.1. The minimum atomic E-state index is -2.75. The lowest BCUT2D eigenvalue weighted by molar-refractivity contribution is 0.0951. The molecule has 0 aliphatic rings. The van der Waals surface area contributed by atoms with E-state index in [4.69, 9.17) is 0 Å². The fraction of sp³-hybridized carbons (Fsp3) is 0.0714. The van der Waals surface area contributed by atoms with E-state index in [2.05, 4.69) is 5.32 Å². The van der Waals surface area contributed by atoms with Crippen molar-refractivity contribution in [3.05, 3.63) is 65.7 Å². The maximum absolute atomic E-state index is 11.9. The zero-order valence-corrected chi connectivity index (χ0v) is 11.2. The van der Waals surface area contributed by atoms with Crippen LogP contribution in [0.2, 0.25) is 0 Å². The molecule has 19 heavy (non-hydrogen) atoms. The molecule has 2 rings (SSSR count). The molecule has 1 amide bonds. The van der Waals surface area contributed by atoms with Crippen LogP contribution in [-0.2, 0) is 11.1 Å². The summed E-state index contributed by atoms with van der Waals surface area (Å²) in [6, 6.07) is 15.7. The highest BCUT2D eigenvalue weighted by atomic mass is 31.1. The Kier molecular flexibility index (Phi) is 4.50. The number of hydrogen-bond donors (Lipinski definition) is 2. The van der Waals surface area contributed by atoms with Gasteiger partial charge in [0, 0.05) is 17.4 Å². The third kappa shape index (κ3) is 3.53. The molecule has 0 bridgehead atoms. The van der Waals surface area contributed by atoms with Gasteiger partial charge in [-0.3, -0.25) is 9.36 Å². The number of rotatable bonds is 4. The van der Waals surface area contributed by atoms with Crippen LogP contribution in [0.25, 0.3) is 0 Å². The third-order valence-electron chi connectivity index (χ3n) is 2.72. The van der Waals surface area contributed by atoms with Crippen molar-refractivity contribution in [2.24, 2.45) is 0 Å². The zero-order valence-electron chi connectivity index (χ0n) is 10.2. The Labute approximate surface area is 112 Å². The molecule has 1 atom stereocenters. The fourth-order valence-corrected chi connectivity index (χ4v) is 2.44. The maximum Gasteiger partial charge on any atom is 0.251 e. The van der Waals surface area contributed by atoms with Gasteiger partial charge in [-0.15, -0.1) is 0 Å². The number of carbonyl (C=O) groups is 1. The second-order valence-corrected chi connectivity index (χ2v) is 5.16. The van der Waals surface area contributed by atoms with Gasteiger partial charge < -0.3 is 10.2 Å². The maximum atomic E-state index is 11.9. The quantitative estimate of drug-likeness (QED) is 0.835. The molecule has 0 saturated heterocycles. The minimum absolute atomic E-state index is 0.201. The molecule has 0 heterocycles. The lowest BCUT2D eigenvalue weighted by atomic mass is 10.2. The Morgan fingerprint density at radius 1 is 1.05 bits per heavy atom. The van der Waals surface area contributed by atoms with Crippen LogP contribution in [0.3, 0.4) is 0 Å². The van der Waals surface area contributed by atoms with E-state index >= 15 is 0 Å². The predicted molar refractivity (Wildman–Crippen MR) is 74.9 cm³/mol. The normalized spacial score (nSPS) is 11.8. The lowest BCUT2D eigenvalue weighted by Crippen LogP contribution is -2.25. The van der Waals surface area contributed by atoms with E-state index in [0.29, 0.717) is 16.4 Å². The Morgan fingerprint density at radius 2 is 1.68 bits per heavy atom. The van der Waals surface area contributed by atoms with Gasteiger partial charge in [0.2, 0.25) is 8.03 Å². The number of nitrogens with one attached hydrogen (secondary N) is 1. The third-order valence-corrected chi connectivity index (χ3v) is 3.67. The van der Waals surface area contributed by atoms with Crippen molar-refractivity contribution in [1.82, 2.24) is 5.32 Å². The molecule has 5 heteroatoms. The number of benzene rings is 2. The van der Waals surface area contributed by atoms with Crippen LogP contribution in [0, 0.1) is 0 Å². The summed E-state index contributed by atoms with van der Waals surface area (Å²) in [6.07, 6.45) is 0. The van der Waals surface area contributed by atoms with Crippen molar-refractivity contribution < 1.29 is 14.3 Å². The topological polar surface area (TPSA) is 66.4 Å². The van der Waals surface area contributed by atoms with E-state index in [9.17, 15) is 14.3 Å². The van der Waals surface area contributed by atoms with Gasteiger partial charge in [0.15, 0.2) is 0 Å². The molecule has 2 aromatic rings. The number of carbonyl (C=O) groups excluding carboxylic acids is 1. The molecule has 1 unspecified atom stereocenters. The molecule has 2 N–H and O–H groups in total. The van der Waals surface area contributed by atoms with Crippen molar-refractivity contribution >= 4 is 19.2 Å². The molecule has 0 aromatic heterocycles. The smallest absolute Gasteiger partial charge is 0.251 e. The standard InChI is InChI=1S/C14H14NO3P/c16-14(11-6-2-1-3-7-11)15-10-12-8-4-5-9-13(12)19(17)18/h1-9,19H,10H2,(H,15,16)(H,17,18). The summed E-state index contributed by atoms with van der Waals surface area (Å²) in [7, 11) is -2.75. The van der Waals surface area contributed by atoms with Crippen LogP contribution in [0.1, 0.15) is 15.9 Å². The van der Waals surface area contributed by atoms with Crippen LogP contribution in [0.5, 0.6) is 0 Å². The first-order valence-corrected chi connectivity index (χ1v) is 7.18. The Hall–Kier alpha value is -1.90. The van der Waals surface area contributed by atoms with Gasteiger partial charge in [0.25, 0.3) is 5.91 Å². The monoisotopic (exact) mass is 275 g/mol. The van der Waals surface area contributed by atoms with Crippen molar-refractivity contribution in [1.29, 1.82) is 0 Å². The van der Waals surface area contributed by atoms with E-state index in [1.807, 2.05) is 6.07 Å². The molecule has 0 spiro atoms. The Morgan fingerprint density at radius 3 is 2.37 bits per heavy atom. The molecule has 0 fully saturated rings. The van der Waals surface area contributed by atoms with Gasteiger partial charge >= 0.3 is 0 Å². The average Bonchev–Trinajstić information content (AvgIpc) is 2.46. The summed E-state index contributed by atoms with van der Waals surface area (Å²) < 4.78 is 11.2. The van der Waals surface area contributed by atoms with E-state index in [0.717, 1.165) is 0 Å². The van der Waals surface area contributed by atoms with Crippen molar-refractivity contribution in [3.63, 3.8) is 0 Å².